The molecule has 0 aromatic heterocycles. The molecule has 1 saturated carbocycles. The molecular weight excluding hydrogens is 464 g/mol. The molecule has 7 nitrogen and oxygen atoms in total. The number of carbonyl (C=O) groups excluding carboxylic acids is 3. The van der Waals surface area contributed by atoms with Crippen LogP contribution in [0.1, 0.15) is 56.8 Å². The zero-order valence-corrected chi connectivity index (χ0v) is 18.2. The van der Waals surface area contributed by atoms with E-state index in [1.54, 1.807) is 36.4 Å². The molecule has 0 bridgehead atoms. The maximum absolute atomic E-state index is 13.1. The summed E-state index contributed by atoms with van der Waals surface area (Å²) >= 11 is 3.24. The summed E-state index contributed by atoms with van der Waals surface area (Å²) < 4.78 is 0.601. The highest BCUT2D eigenvalue weighted by Crippen LogP contribution is 2.34. The third kappa shape index (κ3) is 4.12. The van der Waals surface area contributed by atoms with Gasteiger partial charge in [0, 0.05) is 16.9 Å². The van der Waals surface area contributed by atoms with Crippen molar-refractivity contribution in [2.45, 2.75) is 25.7 Å². The molecule has 2 aliphatic rings. The van der Waals surface area contributed by atoms with Crippen molar-refractivity contribution in [1.82, 2.24) is 4.90 Å². The Morgan fingerprint density at radius 2 is 1.68 bits per heavy atom. The van der Waals surface area contributed by atoms with E-state index in [-0.39, 0.29) is 41.4 Å². The lowest BCUT2D eigenvalue weighted by molar-refractivity contribution is -0.122. The highest BCUT2D eigenvalue weighted by molar-refractivity contribution is 9.10. The SMILES string of the molecule is O=C(O)c1cc(Br)ccc1NC(=O)C1CCCCC1CN1C(=O)c2ccccc2C1=O. The van der Waals surface area contributed by atoms with Crippen LogP contribution in [0.4, 0.5) is 5.69 Å². The maximum Gasteiger partial charge on any atom is 0.337 e. The normalized spacial score (nSPS) is 20.5. The van der Waals surface area contributed by atoms with Crippen molar-refractivity contribution < 1.29 is 24.3 Å². The average molecular weight is 485 g/mol. The van der Waals surface area contributed by atoms with Gasteiger partial charge in [-0.25, -0.2) is 4.79 Å². The number of aromatic carboxylic acids is 1. The van der Waals surface area contributed by atoms with Gasteiger partial charge < -0.3 is 10.4 Å². The number of nitrogens with zero attached hydrogens (tertiary/aromatic N) is 1. The third-order valence-corrected chi connectivity index (χ3v) is 6.50. The number of carboxylic acid groups (broad SMARTS) is 1. The molecule has 2 N–H and O–H groups in total. The van der Waals surface area contributed by atoms with Crippen molar-refractivity contribution in [2.24, 2.45) is 11.8 Å². The largest absolute Gasteiger partial charge is 0.478 e. The van der Waals surface area contributed by atoms with Gasteiger partial charge in [0.15, 0.2) is 0 Å². The second-order valence-corrected chi connectivity index (χ2v) is 8.82. The van der Waals surface area contributed by atoms with Crippen LogP contribution in [-0.2, 0) is 4.79 Å². The van der Waals surface area contributed by atoms with Gasteiger partial charge in [-0.05, 0) is 49.1 Å². The number of halogens is 1. The molecule has 8 heteroatoms. The van der Waals surface area contributed by atoms with E-state index in [2.05, 4.69) is 21.2 Å². The van der Waals surface area contributed by atoms with E-state index in [4.69, 9.17) is 0 Å². The fraction of sp³-hybridized carbons (Fsp3) is 0.304. The quantitative estimate of drug-likeness (QED) is 0.619. The molecule has 160 valence electrons. The summed E-state index contributed by atoms with van der Waals surface area (Å²) in [5, 5.41) is 12.2. The van der Waals surface area contributed by atoms with Crippen molar-refractivity contribution in [3.63, 3.8) is 0 Å². The van der Waals surface area contributed by atoms with Gasteiger partial charge in [-0.3, -0.25) is 19.3 Å². The summed E-state index contributed by atoms with van der Waals surface area (Å²) in [4.78, 5) is 51.3. The van der Waals surface area contributed by atoms with Gasteiger partial charge >= 0.3 is 5.97 Å². The number of rotatable bonds is 5. The molecule has 1 fully saturated rings. The van der Waals surface area contributed by atoms with Gasteiger partial charge in [-0.15, -0.1) is 0 Å². The van der Waals surface area contributed by atoms with Crippen molar-refractivity contribution >= 4 is 45.3 Å². The number of hydrogen-bond acceptors (Lipinski definition) is 4. The predicted molar refractivity (Wildman–Crippen MR) is 117 cm³/mol. The Kier molecular flexibility index (Phi) is 5.91. The molecule has 2 unspecified atom stereocenters. The lowest BCUT2D eigenvalue weighted by atomic mass is 9.78. The fourth-order valence-corrected chi connectivity index (χ4v) is 4.80. The second-order valence-electron chi connectivity index (χ2n) is 7.90. The Morgan fingerprint density at radius 1 is 1.03 bits per heavy atom. The highest BCUT2D eigenvalue weighted by atomic mass is 79.9. The number of carboxylic acids is 1. The topological polar surface area (TPSA) is 104 Å². The van der Waals surface area contributed by atoms with Crippen LogP contribution in [0, 0.1) is 11.8 Å². The number of benzene rings is 2. The lowest BCUT2D eigenvalue weighted by Crippen LogP contribution is -2.41. The van der Waals surface area contributed by atoms with E-state index in [0.29, 0.717) is 22.0 Å². The fourth-order valence-electron chi connectivity index (χ4n) is 4.44. The van der Waals surface area contributed by atoms with E-state index in [9.17, 15) is 24.3 Å². The number of hydrogen-bond donors (Lipinski definition) is 2. The molecule has 3 amide bonds. The first-order chi connectivity index (χ1) is 14.9. The predicted octanol–water partition coefficient (Wildman–Crippen LogP) is 4.19. The molecule has 2 aromatic carbocycles. The van der Waals surface area contributed by atoms with E-state index in [0.717, 1.165) is 19.3 Å². The zero-order valence-electron chi connectivity index (χ0n) is 16.6. The minimum atomic E-state index is -1.14. The van der Waals surface area contributed by atoms with Gasteiger partial charge in [0.1, 0.15) is 0 Å². The molecule has 1 aliphatic heterocycles. The van der Waals surface area contributed by atoms with Gasteiger partial charge in [0.25, 0.3) is 11.8 Å². The number of fused-ring (bicyclic) bond motifs is 1. The van der Waals surface area contributed by atoms with Crippen molar-refractivity contribution in [3.8, 4) is 0 Å². The van der Waals surface area contributed by atoms with Gasteiger partial charge in [0.05, 0.1) is 22.4 Å². The van der Waals surface area contributed by atoms with Crippen LogP contribution in [0.25, 0.3) is 0 Å². The Labute approximate surface area is 187 Å². The summed E-state index contributed by atoms with van der Waals surface area (Å²) in [7, 11) is 0. The number of nitrogens with one attached hydrogen (secondary N) is 1. The smallest absolute Gasteiger partial charge is 0.337 e. The molecule has 1 aliphatic carbocycles. The Balaban J connectivity index is 1.52. The number of anilines is 1. The Bertz CT molecular complexity index is 1050. The number of carbonyl (C=O) groups is 4. The van der Waals surface area contributed by atoms with Gasteiger partial charge in [0.2, 0.25) is 5.91 Å². The van der Waals surface area contributed by atoms with Crippen molar-refractivity contribution in [1.29, 1.82) is 0 Å². The standard InChI is InChI=1S/C23H21BrN2O5/c24-14-9-10-19(18(11-14)23(30)31)25-20(27)15-6-2-1-5-13(15)12-26-21(28)16-7-3-4-8-17(16)22(26)29/h3-4,7-11,13,15H,1-2,5-6,12H2,(H,25,27)(H,30,31). The first kappa shape index (κ1) is 21.2. The monoisotopic (exact) mass is 484 g/mol. The van der Waals surface area contributed by atoms with Crippen LogP contribution in [0.2, 0.25) is 0 Å². The molecular formula is C23H21BrN2O5. The summed E-state index contributed by atoms with van der Waals surface area (Å²) in [5.41, 5.74) is 1.01. The highest BCUT2D eigenvalue weighted by Gasteiger charge is 2.40. The molecule has 2 atom stereocenters. The van der Waals surface area contributed by atoms with Crippen LogP contribution in [0.15, 0.2) is 46.9 Å². The summed E-state index contributed by atoms with van der Waals surface area (Å²) in [5.74, 6) is -2.67. The summed E-state index contributed by atoms with van der Waals surface area (Å²) in [6.07, 6.45) is 3.12. The molecule has 0 saturated heterocycles. The minimum absolute atomic E-state index is 0.00423. The number of amides is 3. The van der Waals surface area contributed by atoms with E-state index in [1.165, 1.54) is 11.0 Å². The Hall–Kier alpha value is -3.00. The van der Waals surface area contributed by atoms with Gasteiger partial charge in [-0.2, -0.15) is 0 Å². The molecule has 2 aromatic rings. The molecule has 1 heterocycles. The maximum atomic E-state index is 13.1. The van der Waals surface area contributed by atoms with Crippen molar-refractivity contribution in [3.05, 3.63) is 63.6 Å². The molecule has 31 heavy (non-hydrogen) atoms. The molecule has 0 radical (unpaired) electrons. The van der Waals surface area contributed by atoms with E-state index < -0.39 is 11.9 Å². The third-order valence-electron chi connectivity index (χ3n) is 6.01. The van der Waals surface area contributed by atoms with Crippen LogP contribution in [0.5, 0.6) is 0 Å². The van der Waals surface area contributed by atoms with Gasteiger partial charge in [-0.1, -0.05) is 40.9 Å². The minimum Gasteiger partial charge on any atom is -0.478 e. The van der Waals surface area contributed by atoms with Crippen LogP contribution >= 0.6 is 15.9 Å². The second kappa shape index (κ2) is 8.63. The lowest BCUT2D eigenvalue weighted by Gasteiger charge is -2.33. The zero-order chi connectivity index (χ0) is 22.1. The molecule has 0 spiro atoms. The first-order valence-electron chi connectivity index (χ1n) is 10.2. The molecule has 4 rings (SSSR count). The summed E-state index contributed by atoms with van der Waals surface area (Å²) in [6, 6.07) is 11.4. The average Bonchev–Trinajstić information content (AvgIpc) is 3.00. The Morgan fingerprint density at radius 3 is 2.32 bits per heavy atom. The van der Waals surface area contributed by atoms with Crippen LogP contribution in [-0.4, -0.2) is 40.2 Å². The van der Waals surface area contributed by atoms with Crippen LogP contribution < -0.4 is 5.32 Å². The van der Waals surface area contributed by atoms with Crippen LogP contribution in [0.3, 0.4) is 0 Å². The number of imide groups is 1. The first-order valence-corrected chi connectivity index (χ1v) is 10.9. The van der Waals surface area contributed by atoms with E-state index in [1.807, 2.05) is 0 Å². The van der Waals surface area contributed by atoms with E-state index >= 15 is 0 Å². The summed E-state index contributed by atoms with van der Waals surface area (Å²) in [6.45, 7) is 0.177. The van der Waals surface area contributed by atoms with Crippen molar-refractivity contribution in [2.75, 3.05) is 11.9 Å².